The minimum atomic E-state index is -0.955. The van der Waals surface area contributed by atoms with Crippen molar-refractivity contribution in [2.75, 3.05) is 7.11 Å². The number of carbonyl (C=O) groups is 1. The average Bonchev–Trinajstić information content (AvgIpc) is 2.39. The van der Waals surface area contributed by atoms with Crippen LogP contribution >= 0.6 is 0 Å². The summed E-state index contributed by atoms with van der Waals surface area (Å²) in [7, 11) is 1.54. The lowest BCUT2D eigenvalue weighted by Crippen LogP contribution is -1.98. The van der Waals surface area contributed by atoms with Crippen LogP contribution in [0.2, 0.25) is 0 Å². The second kappa shape index (κ2) is 4.92. The molecule has 2 aromatic rings. The van der Waals surface area contributed by atoms with Crippen molar-refractivity contribution in [1.29, 1.82) is 0 Å². The van der Waals surface area contributed by atoms with Gasteiger partial charge in [-0.3, -0.25) is 0 Å². The van der Waals surface area contributed by atoms with Crippen molar-refractivity contribution in [3.63, 3.8) is 0 Å². The van der Waals surface area contributed by atoms with Crippen LogP contribution in [0.25, 0.3) is 11.1 Å². The predicted octanol–water partition coefficient (Wildman–Crippen LogP) is 3.37. The maximum atomic E-state index is 10.9. The van der Waals surface area contributed by atoms with Crippen molar-refractivity contribution in [1.82, 2.24) is 0 Å². The third-order valence-electron chi connectivity index (χ3n) is 2.81. The number of carboxylic acids is 1. The van der Waals surface area contributed by atoms with Gasteiger partial charge in [0.05, 0.1) is 12.7 Å². The fourth-order valence-electron chi connectivity index (χ4n) is 1.80. The second-order valence-corrected chi connectivity index (χ2v) is 4.09. The van der Waals surface area contributed by atoms with Crippen LogP contribution in [0.4, 0.5) is 0 Å². The summed E-state index contributed by atoms with van der Waals surface area (Å²) in [4.78, 5) is 10.9. The van der Waals surface area contributed by atoms with Crippen LogP contribution in [0.15, 0.2) is 42.5 Å². The summed E-state index contributed by atoms with van der Waals surface area (Å²) in [6.07, 6.45) is 0. The first-order chi connectivity index (χ1) is 8.61. The molecule has 2 rings (SSSR count). The topological polar surface area (TPSA) is 46.5 Å². The number of benzene rings is 2. The molecule has 0 unspecified atom stereocenters. The molecule has 0 radical (unpaired) electrons. The molecule has 0 bridgehead atoms. The summed E-state index contributed by atoms with van der Waals surface area (Å²) in [6.45, 7) is 2.02. The lowest BCUT2D eigenvalue weighted by atomic mass is 10.0. The molecule has 0 atom stereocenters. The van der Waals surface area contributed by atoms with E-state index >= 15 is 0 Å². The number of methoxy groups -OCH3 is 1. The second-order valence-electron chi connectivity index (χ2n) is 4.09. The van der Waals surface area contributed by atoms with E-state index in [1.165, 1.54) is 11.6 Å². The quantitative estimate of drug-likeness (QED) is 0.897. The molecule has 92 valence electrons. The summed E-state index contributed by atoms with van der Waals surface area (Å²) in [5.41, 5.74) is 3.31. The lowest BCUT2D eigenvalue weighted by Gasteiger charge is -2.09. The van der Waals surface area contributed by atoms with E-state index in [0.717, 1.165) is 11.1 Å². The van der Waals surface area contributed by atoms with Gasteiger partial charge in [0.1, 0.15) is 5.75 Å². The van der Waals surface area contributed by atoms with Crippen LogP contribution in [0.3, 0.4) is 0 Å². The first-order valence-corrected chi connectivity index (χ1v) is 5.60. The maximum absolute atomic E-state index is 10.9. The Hall–Kier alpha value is -2.29. The van der Waals surface area contributed by atoms with Crippen molar-refractivity contribution >= 4 is 5.97 Å². The first-order valence-electron chi connectivity index (χ1n) is 5.60. The maximum Gasteiger partial charge on any atom is 0.335 e. The van der Waals surface area contributed by atoms with Gasteiger partial charge >= 0.3 is 5.97 Å². The van der Waals surface area contributed by atoms with E-state index < -0.39 is 5.97 Å². The van der Waals surface area contributed by atoms with Gasteiger partial charge in [0.15, 0.2) is 0 Å². The van der Waals surface area contributed by atoms with E-state index in [1.54, 1.807) is 19.2 Å². The number of hydrogen-bond acceptors (Lipinski definition) is 2. The Kier molecular flexibility index (Phi) is 3.33. The Bertz CT molecular complexity index is 571. The van der Waals surface area contributed by atoms with E-state index in [-0.39, 0.29) is 5.56 Å². The van der Waals surface area contributed by atoms with Gasteiger partial charge in [-0.1, -0.05) is 29.8 Å². The van der Waals surface area contributed by atoms with Crippen LogP contribution in [-0.2, 0) is 0 Å². The van der Waals surface area contributed by atoms with Crippen molar-refractivity contribution in [2.45, 2.75) is 6.92 Å². The molecule has 0 saturated carbocycles. The molecule has 0 aliphatic carbocycles. The first kappa shape index (κ1) is 12.2. The molecule has 3 heteroatoms. The zero-order chi connectivity index (χ0) is 13.1. The van der Waals surface area contributed by atoms with Crippen molar-refractivity contribution in [2.24, 2.45) is 0 Å². The third-order valence-corrected chi connectivity index (χ3v) is 2.81. The molecule has 0 aliphatic heterocycles. The lowest BCUT2D eigenvalue weighted by molar-refractivity contribution is 0.0696. The molecular formula is C15H14O3. The molecular weight excluding hydrogens is 228 g/mol. The normalized spacial score (nSPS) is 10.1. The number of carboxylic acid groups (broad SMARTS) is 1. The highest BCUT2D eigenvalue weighted by Gasteiger charge is 2.10. The van der Waals surface area contributed by atoms with Crippen LogP contribution < -0.4 is 4.74 Å². The molecule has 0 heterocycles. The van der Waals surface area contributed by atoms with E-state index in [2.05, 4.69) is 0 Å². The zero-order valence-electron chi connectivity index (χ0n) is 10.3. The number of rotatable bonds is 3. The van der Waals surface area contributed by atoms with Crippen molar-refractivity contribution in [3.05, 3.63) is 53.6 Å². The summed E-state index contributed by atoms with van der Waals surface area (Å²) in [5.74, 6) is -0.387. The van der Waals surface area contributed by atoms with E-state index in [9.17, 15) is 4.79 Å². The molecule has 0 amide bonds. The average molecular weight is 242 g/mol. The summed E-state index contributed by atoms with van der Waals surface area (Å²) >= 11 is 0. The van der Waals surface area contributed by atoms with E-state index in [1.807, 2.05) is 31.2 Å². The van der Waals surface area contributed by atoms with Crippen molar-refractivity contribution < 1.29 is 14.6 Å². The van der Waals surface area contributed by atoms with Gasteiger partial charge in [0, 0.05) is 5.56 Å². The van der Waals surface area contributed by atoms with Crippen LogP contribution in [0.1, 0.15) is 15.9 Å². The molecule has 0 aliphatic rings. The Balaban J connectivity index is 2.50. The van der Waals surface area contributed by atoms with Gasteiger partial charge in [-0.05, 0) is 30.7 Å². The molecule has 3 nitrogen and oxygen atoms in total. The minimum absolute atomic E-state index is 0.225. The highest BCUT2D eigenvalue weighted by Crippen LogP contribution is 2.31. The Labute approximate surface area is 106 Å². The number of hydrogen-bond donors (Lipinski definition) is 1. The Morgan fingerprint density at radius 2 is 1.78 bits per heavy atom. The molecule has 0 saturated heterocycles. The van der Waals surface area contributed by atoms with Crippen LogP contribution in [0.5, 0.6) is 5.75 Å². The molecule has 0 spiro atoms. The summed E-state index contributed by atoms with van der Waals surface area (Å²) < 4.78 is 5.26. The largest absolute Gasteiger partial charge is 0.496 e. The zero-order valence-corrected chi connectivity index (χ0v) is 10.3. The van der Waals surface area contributed by atoms with Gasteiger partial charge in [-0.15, -0.1) is 0 Å². The molecule has 0 aromatic heterocycles. The third kappa shape index (κ3) is 2.35. The monoisotopic (exact) mass is 242 g/mol. The number of aryl methyl sites for hydroxylation is 1. The fraction of sp³-hybridized carbons (Fsp3) is 0.133. The Morgan fingerprint density at radius 1 is 1.11 bits per heavy atom. The molecule has 18 heavy (non-hydrogen) atoms. The molecule has 1 N–H and O–H groups in total. The highest BCUT2D eigenvalue weighted by atomic mass is 16.5. The fourth-order valence-corrected chi connectivity index (χ4v) is 1.80. The SMILES string of the molecule is COc1cc(C(=O)O)ccc1-c1ccc(C)cc1. The summed E-state index contributed by atoms with van der Waals surface area (Å²) in [6, 6.07) is 12.9. The highest BCUT2D eigenvalue weighted by molar-refractivity contribution is 5.89. The smallest absolute Gasteiger partial charge is 0.335 e. The summed E-state index contributed by atoms with van der Waals surface area (Å²) in [5, 5.41) is 8.95. The van der Waals surface area contributed by atoms with E-state index in [0.29, 0.717) is 5.75 Å². The number of aromatic carboxylic acids is 1. The molecule has 2 aromatic carbocycles. The predicted molar refractivity (Wildman–Crippen MR) is 70.1 cm³/mol. The van der Waals surface area contributed by atoms with Gasteiger partial charge in [0.2, 0.25) is 0 Å². The van der Waals surface area contributed by atoms with Gasteiger partial charge < -0.3 is 9.84 Å². The molecule has 0 fully saturated rings. The van der Waals surface area contributed by atoms with Gasteiger partial charge in [-0.25, -0.2) is 4.79 Å². The van der Waals surface area contributed by atoms with E-state index in [4.69, 9.17) is 9.84 Å². The standard InChI is InChI=1S/C15H14O3/c1-10-3-5-11(6-4-10)13-8-7-12(15(16)17)9-14(13)18-2/h3-9H,1-2H3,(H,16,17). The van der Waals surface area contributed by atoms with Crippen molar-refractivity contribution in [3.8, 4) is 16.9 Å². The van der Waals surface area contributed by atoms with Crippen LogP contribution in [0, 0.1) is 6.92 Å². The minimum Gasteiger partial charge on any atom is -0.496 e. The van der Waals surface area contributed by atoms with Gasteiger partial charge in [0.25, 0.3) is 0 Å². The number of ether oxygens (including phenoxy) is 1. The Morgan fingerprint density at radius 3 is 2.33 bits per heavy atom. The van der Waals surface area contributed by atoms with Gasteiger partial charge in [-0.2, -0.15) is 0 Å². The van der Waals surface area contributed by atoms with Crippen LogP contribution in [-0.4, -0.2) is 18.2 Å².